The molecule has 3 heterocycles. The zero-order chi connectivity index (χ0) is 23.2. The van der Waals surface area contributed by atoms with Gasteiger partial charge < -0.3 is 19.6 Å². The van der Waals surface area contributed by atoms with Gasteiger partial charge in [-0.05, 0) is 25.1 Å². The van der Waals surface area contributed by atoms with Crippen molar-refractivity contribution in [2.75, 3.05) is 26.2 Å². The van der Waals surface area contributed by atoms with Crippen LogP contribution >= 0.6 is 0 Å². The highest BCUT2D eigenvalue weighted by Gasteiger charge is 2.33. The zero-order valence-electron chi connectivity index (χ0n) is 17.6. The van der Waals surface area contributed by atoms with Gasteiger partial charge in [-0.25, -0.2) is 13.2 Å². The van der Waals surface area contributed by atoms with E-state index in [1.165, 1.54) is 30.6 Å². The Bertz CT molecular complexity index is 1360. The van der Waals surface area contributed by atoms with Crippen LogP contribution in [-0.2, 0) is 21.9 Å². The molecule has 0 radical (unpaired) electrons. The van der Waals surface area contributed by atoms with Crippen molar-refractivity contribution in [1.29, 1.82) is 0 Å². The number of primary amides is 1. The first-order valence-electron chi connectivity index (χ1n) is 9.96. The third-order valence-electron chi connectivity index (χ3n) is 5.68. The molecule has 170 valence electrons. The average Bonchev–Trinajstić information content (AvgIpc) is 3.32. The molecule has 1 saturated heterocycles. The summed E-state index contributed by atoms with van der Waals surface area (Å²) < 4.78 is 35.1. The van der Waals surface area contributed by atoms with Gasteiger partial charge in [-0.15, -0.1) is 0 Å². The summed E-state index contributed by atoms with van der Waals surface area (Å²) in [6.45, 7) is 2.13. The average molecular weight is 462 g/mol. The number of aryl methyl sites for hydroxylation is 1. The van der Waals surface area contributed by atoms with Gasteiger partial charge in [0.15, 0.2) is 5.58 Å². The van der Waals surface area contributed by atoms with E-state index in [0.29, 0.717) is 11.1 Å². The number of benzene rings is 1. The van der Waals surface area contributed by atoms with E-state index in [0.717, 1.165) is 0 Å². The van der Waals surface area contributed by atoms with Crippen LogP contribution in [0.3, 0.4) is 0 Å². The first kappa shape index (κ1) is 21.8. The van der Waals surface area contributed by atoms with Crippen LogP contribution in [0.15, 0.2) is 50.6 Å². The number of nitrogens with two attached hydrogens (primary N) is 1. The van der Waals surface area contributed by atoms with Crippen molar-refractivity contribution in [1.82, 2.24) is 18.3 Å². The Morgan fingerprint density at radius 2 is 1.78 bits per heavy atom. The standard InChI is InChI=1S/C20H23N5O6S/c1-13(25-15-5-3-4-6-17(15)31-20(25)28)19(27)23-7-9-24(10-8-23)32(29,30)14-11-16(18(21)26)22(2)12-14/h3-6,11-13H,7-10H2,1-2H3,(H2,21,26)/t13-/m0/s1. The fourth-order valence-corrected chi connectivity index (χ4v) is 5.44. The fourth-order valence-electron chi connectivity index (χ4n) is 3.94. The molecule has 1 aliphatic heterocycles. The van der Waals surface area contributed by atoms with E-state index < -0.39 is 27.7 Å². The number of amides is 2. The van der Waals surface area contributed by atoms with Crippen molar-refractivity contribution in [3.8, 4) is 0 Å². The molecule has 0 spiro atoms. The maximum absolute atomic E-state index is 13.0. The van der Waals surface area contributed by atoms with E-state index in [4.69, 9.17) is 10.2 Å². The predicted octanol–water partition coefficient (Wildman–Crippen LogP) is 0.126. The van der Waals surface area contributed by atoms with Gasteiger partial charge in [-0.3, -0.25) is 14.2 Å². The van der Waals surface area contributed by atoms with Crippen LogP contribution < -0.4 is 11.5 Å². The SMILES string of the molecule is C[C@@H](C(=O)N1CCN(S(=O)(=O)c2cc(C(N)=O)n(C)c2)CC1)n1c(=O)oc2ccccc21. The van der Waals surface area contributed by atoms with Crippen molar-refractivity contribution >= 4 is 32.9 Å². The van der Waals surface area contributed by atoms with Crippen molar-refractivity contribution < 1.29 is 22.4 Å². The van der Waals surface area contributed by atoms with E-state index in [2.05, 4.69) is 0 Å². The molecule has 0 bridgehead atoms. The lowest BCUT2D eigenvalue weighted by molar-refractivity contribution is -0.135. The first-order valence-corrected chi connectivity index (χ1v) is 11.4. The molecule has 2 aromatic heterocycles. The van der Waals surface area contributed by atoms with Gasteiger partial charge in [0.1, 0.15) is 16.6 Å². The Morgan fingerprint density at radius 3 is 2.41 bits per heavy atom. The lowest BCUT2D eigenvalue weighted by Crippen LogP contribution is -2.52. The van der Waals surface area contributed by atoms with E-state index >= 15 is 0 Å². The number of sulfonamides is 1. The third-order valence-corrected chi connectivity index (χ3v) is 7.55. The fraction of sp³-hybridized carbons (Fsp3) is 0.350. The normalized spacial score (nSPS) is 16.4. The summed E-state index contributed by atoms with van der Waals surface area (Å²) in [6, 6.07) is 7.29. The highest BCUT2D eigenvalue weighted by molar-refractivity contribution is 7.89. The smallest absolute Gasteiger partial charge is 0.408 e. The van der Waals surface area contributed by atoms with Crippen LogP contribution in [0.2, 0.25) is 0 Å². The maximum atomic E-state index is 13.0. The van der Waals surface area contributed by atoms with Crippen LogP contribution in [0, 0.1) is 0 Å². The van der Waals surface area contributed by atoms with Crippen LogP contribution in [-0.4, -0.2) is 64.8 Å². The molecule has 3 aromatic rings. The van der Waals surface area contributed by atoms with Gasteiger partial charge >= 0.3 is 5.76 Å². The summed E-state index contributed by atoms with van der Waals surface area (Å²) in [7, 11) is -2.31. The summed E-state index contributed by atoms with van der Waals surface area (Å²) in [5, 5.41) is 0. The largest absolute Gasteiger partial charge is 0.420 e. The number of piperazine rings is 1. The molecular formula is C20H23N5O6S. The summed E-state index contributed by atoms with van der Waals surface area (Å²) in [5.74, 6) is -1.64. The van der Waals surface area contributed by atoms with E-state index in [1.54, 1.807) is 38.2 Å². The Balaban J connectivity index is 1.49. The maximum Gasteiger partial charge on any atom is 0.420 e. The Kier molecular flexibility index (Phi) is 5.42. The molecule has 1 aliphatic rings. The molecule has 2 amide bonds. The molecule has 4 rings (SSSR count). The molecule has 0 saturated carbocycles. The van der Waals surface area contributed by atoms with Crippen molar-refractivity contribution in [2.24, 2.45) is 12.8 Å². The molecule has 2 N–H and O–H groups in total. The van der Waals surface area contributed by atoms with Gasteiger partial charge in [0.25, 0.3) is 5.91 Å². The molecule has 32 heavy (non-hydrogen) atoms. The third kappa shape index (κ3) is 3.60. The molecule has 0 unspecified atom stereocenters. The quantitative estimate of drug-likeness (QED) is 0.572. The van der Waals surface area contributed by atoms with Gasteiger partial charge in [0.05, 0.1) is 5.52 Å². The molecule has 0 aliphatic carbocycles. The molecule has 11 nitrogen and oxygen atoms in total. The number of fused-ring (bicyclic) bond motifs is 1. The highest BCUT2D eigenvalue weighted by atomic mass is 32.2. The van der Waals surface area contributed by atoms with Gasteiger partial charge in [-0.2, -0.15) is 4.31 Å². The van der Waals surface area contributed by atoms with Gasteiger partial charge in [0, 0.05) is 39.4 Å². The van der Waals surface area contributed by atoms with E-state index in [-0.39, 0.29) is 42.7 Å². The second kappa shape index (κ2) is 7.95. The first-order chi connectivity index (χ1) is 15.1. The molecule has 1 atom stereocenters. The van der Waals surface area contributed by atoms with Crippen LogP contribution in [0.25, 0.3) is 11.1 Å². The topological polar surface area (TPSA) is 141 Å². The second-order valence-corrected chi connectivity index (χ2v) is 9.59. The monoisotopic (exact) mass is 461 g/mol. The minimum atomic E-state index is -3.85. The minimum Gasteiger partial charge on any atom is -0.408 e. The number of hydrogen-bond acceptors (Lipinski definition) is 6. The van der Waals surface area contributed by atoms with Crippen molar-refractivity contribution in [2.45, 2.75) is 17.9 Å². The van der Waals surface area contributed by atoms with Gasteiger partial charge in [-0.1, -0.05) is 12.1 Å². The summed E-state index contributed by atoms with van der Waals surface area (Å²) >= 11 is 0. The van der Waals surface area contributed by atoms with E-state index in [1.807, 2.05) is 0 Å². The summed E-state index contributed by atoms with van der Waals surface area (Å²) in [6.07, 6.45) is 1.34. The second-order valence-electron chi connectivity index (χ2n) is 7.65. The van der Waals surface area contributed by atoms with Crippen molar-refractivity contribution in [3.63, 3.8) is 0 Å². The van der Waals surface area contributed by atoms with Gasteiger partial charge in [0.2, 0.25) is 15.9 Å². The minimum absolute atomic E-state index is 0.0293. The molecule has 1 aromatic carbocycles. The Labute approximate surface area is 183 Å². The number of carbonyl (C=O) groups is 2. The number of carbonyl (C=O) groups excluding carboxylic acids is 2. The van der Waals surface area contributed by atoms with Crippen LogP contribution in [0.4, 0.5) is 0 Å². The number of oxazole rings is 1. The molecular weight excluding hydrogens is 438 g/mol. The Morgan fingerprint density at radius 1 is 1.12 bits per heavy atom. The lowest BCUT2D eigenvalue weighted by atomic mass is 10.2. The summed E-state index contributed by atoms with van der Waals surface area (Å²) in [4.78, 5) is 38.3. The lowest BCUT2D eigenvalue weighted by Gasteiger charge is -2.35. The number of nitrogens with zero attached hydrogens (tertiary/aromatic N) is 4. The summed E-state index contributed by atoms with van der Waals surface area (Å²) in [5.41, 5.74) is 6.28. The predicted molar refractivity (Wildman–Crippen MR) is 114 cm³/mol. The highest BCUT2D eigenvalue weighted by Crippen LogP contribution is 2.22. The number of aromatic nitrogens is 2. The van der Waals surface area contributed by atoms with E-state index in [9.17, 15) is 22.8 Å². The zero-order valence-corrected chi connectivity index (χ0v) is 18.4. The van der Waals surface area contributed by atoms with Crippen LogP contribution in [0.5, 0.6) is 0 Å². The molecule has 12 heteroatoms. The van der Waals surface area contributed by atoms with Crippen LogP contribution in [0.1, 0.15) is 23.5 Å². The number of para-hydroxylation sites is 2. The number of rotatable bonds is 5. The number of hydrogen-bond donors (Lipinski definition) is 1. The molecule has 1 fully saturated rings. The Hall–Kier alpha value is -3.38. The van der Waals surface area contributed by atoms with Crippen molar-refractivity contribution in [3.05, 3.63) is 52.8 Å².